The van der Waals surface area contributed by atoms with Crippen molar-refractivity contribution in [2.75, 3.05) is 20.1 Å². The third-order valence-corrected chi connectivity index (χ3v) is 2.44. The smallest absolute Gasteiger partial charge is 0.0966 e. The molecular weight excluding hydrogens is 172 g/mol. The largest absolute Gasteiger partial charge is 0.362 e. The maximum atomic E-state index is 4.09. The van der Waals surface area contributed by atoms with Gasteiger partial charge in [-0.05, 0) is 27.2 Å². The van der Waals surface area contributed by atoms with E-state index in [1.807, 2.05) is 13.8 Å². The highest BCUT2D eigenvalue weighted by molar-refractivity contribution is 5.00. The van der Waals surface area contributed by atoms with Crippen LogP contribution in [0.4, 0.5) is 0 Å². The molecule has 1 heterocycles. The van der Waals surface area contributed by atoms with Gasteiger partial charge >= 0.3 is 0 Å². The van der Waals surface area contributed by atoms with Gasteiger partial charge < -0.3 is 9.80 Å². The van der Waals surface area contributed by atoms with Gasteiger partial charge in [0.15, 0.2) is 0 Å². The monoisotopic (exact) mass is 198 g/mol. The van der Waals surface area contributed by atoms with E-state index in [2.05, 4.69) is 44.2 Å². The Hall–Kier alpha value is -0.660. The van der Waals surface area contributed by atoms with Gasteiger partial charge in [0.05, 0.1) is 5.82 Å². The number of rotatable bonds is 0. The van der Waals surface area contributed by atoms with E-state index in [9.17, 15) is 0 Å². The van der Waals surface area contributed by atoms with Gasteiger partial charge in [0.25, 0.3) is 0 Å². The van der Waals surface area contributed by atoms with E-state index < -0.39 is 0 Å². The molecule has 1 aliphatic rings. The lowest BCUT2D eigenvalue weighted by Crippen LogP contribution is -2.49. The van der Waals surface area contributed by atoms with Crippen molar-refractivity contribution in [1.82, 2.24) is 9.80 Å². The fourth-order valence-electron chi connectivity index (χ4n) is 1.65. The molecule has 2 heteroatoms. The highest BCUT2D eigenvalue weighted by Gasteiger charge is 2.26. The molecule has 1 rings (SSSR count). The molecule has 1 saturated heterocycles. The second-order valence-electron chi connectivity index (χ2n) is 4.51. The van der Waals surface area contributed by atoms with Crippen LogP contribution in [0.5, 0.6) is 0 Å². The molecule has 0 radical (unpaired) electrons. The van der Waals surface area contributed by atoms with Gasteiger partial charge in [0.2, 0.25) is 0 Å². The Morgan fingerprint density at radius 1 is 1.14 bits per heavy atom. The van der Waals surface area contributed by atoms with Crippen LogP contribution < -0.4 is 0 Å². The Morgan fingerprint density at radius 2 is 1.64 bits per heavy atom. The Kier molecular flexibility index (Phi) is 5.03. The molecule has 0 amide bonds. The minimum Gasteiger partial charge on any atom is -0.362 e. The predicted molar refractivity (Wildman–Crippen MR) is 64.2 cm³/mol. The minimum atomic E-state index is 0.214. The molecule has 0 aromatic rings. The zero-order chi connectivity index (χ0) is 11.4. The average Bonchev–Trinajstić information content (AvgIpc) is 2.11. The van der Waals surface area contributed by atoms with E-state index in [4.69, 9.17) is 0 Å². The topological polar surface area (TPSA) is 6.48 Å². The maximum absolute atomic E-state index is 4.09. The predicted octanol–water partition coefficient (Wildman–Crippen LogP) is 2.92. The van der Waals surface area contributed by atoms with Crippen molar-refractivity contribution in [1.29, 1.82) is 0 Å². The minimum absolute atomic E-state index is 0.214. The van der Waals surface area contributed by atoms with Crippen molar-refractivity contribution in [2.24, 2.45) is 0 Å². The van der Waals surface area contributed by atoms with Crippen LogP contribution in [-0.4, -0.2) is 35.5 Å². The fourth-order valence-corrected chi connectivity index (χ4v) is 1.65. The van der Waals surface area contributed by atoms with Crippen molar-refractivity contribution >= 4 is 0 Å². The summed E-state index contributed by atoms with van der Waals surface area (Å²) in [5.74, 6) is 1.16. The summed E-state index contributed by atoms with van der Waals surface area (Å²) in [4.78, 5) is 4.60. The third kappa shape index (κ3) is 3.24. The van der Waals surface area contributed by atoms with Crippen LogP contribution in [0.1, 0.15) is 41.0 Å². The Labute approximate surface area is 89.6 Å². The van der Waals surface area contributed by atoms with Crippen molar-refractivity contribution < 1.29 is 0 Å². The van der Waals surface area contributed by atoms with Crippen LogP contribution in [-0.2, 0) is 0 Å². The highest BCUT2D eigenvalue weighted by atomic mass is 15.4. The van der Waals surface area contributed by atoms with Crippen molar-refractivity contribution in [3.8, 4) is 0 Å². The zero-order valence-corrected chi connectivity index (χ0v) is 10.7. The van der Waals surface area contributed by atoms with Crippen LogP contribution in [0, 0.1) is 0 Å². The molecule has 1 aliphatic heterocycles. The first kappa shape index (κ1) is 13.3. The molecule has 0 saturated carbocycles. The molecule has 14 heavy (non-hydrogen) atoms. The summed E-state index contributed by atoms with van der Waals surface area (Å²) < 4.78 is 0. The summed E-state index contributed by atoms with van der Waals surface area (Å²) in [7, 11) is 2.11. The van der Waals surface area contributed by atoms with Gasteiger partial charge in [0, 0.05) is 25.7 Å². The van der Waals surface area contributed by atoms with E-state index in [0.29, 0.717) is 0 Å². The molecule has 0 N–H and O–H groups in total. The second-order valence-corrected chi connectivity index (χ2v) is 4.51. The molecule has 1 fully saturated rings. The Balaban J connectivity index is 0.000000791. The number of hydrogen-bond acceptors (Lipinski definition) is 2. The van der Waals surface area contributed by atoms with Crippen LogP contribution in [0.25, 0.3) is 0 Å². The van der Waals surface area contributed by atoms with Crippen molar-refractivity contribution in [2.45, 2.75) is 46.6 Å². The van der Waals surface area contributed by atoms with E-state index in [1.54, 1.807) is 0 Å². The summed E-state index contributed by atoms with van der Waals surface area (Å²) in [5, 5.41) is 0. The first-order valence-corrected chi connectivity index (χ1v) is 5.60. The number of nitrogens with zero attached hydrogens (tertiary/aromatic N) is 2. The van der Waals surface area contributed by atoms with Crippen molar-refractivity contribution in [3.63, 3.8) is 0 Å². The van der Waals surface area contributed by atoms with Gasteiger partial charge in [-0.2, -0.15) is 0 Å². The molecular formula is C12H26N2. The fraction of sp³-hybridized carbons (Fsp3) is 0.833. The van der Waals surface area contributed by atoms with E-state index in [1.165, 1.54) is 6.42 Å². The van der Waals surface area contributed by atoms with Gasteiger partial charge in [-0.3, -0.25) is 0 Å². The average molecular weight is 198 g/mol. The molecule has 2 nitrogen and oxygen atoms in total. The molecule has 0 spiro atoms. The lowest BCUT2D eigenvalue weighted by atomic mass is 10.0. The van der Waals surface area contributed by atoms with Crippen LogP contribution in [0.15, 0.2) is 12.4 Å². The SMILES string of the molecule is C=C1N(C)CCCN1C(C)(C)C.CC. The lowest BCUT2D eigenvalue weighted by molar-refractivity contribution is 0.0972. The van der Waals surface area contributed by atoms with Gasteiger partial charge in [0.1, 0.15) is 0 Å². The second kappa shape index (κ2) is 5.28. The molecule has 0 aromatic carbocycles. The van der Waals surface area contributed by atoms with E-state index >= 15 is 0 Å². The summed E-state index contributed by atoms with van der Waals surface area (Å²) in [5.41, 5.74) is 0.214. The van der Waals surface area contributed by atoms with Gasteiger partial charge in [-0.15, -0.1) is 0 Å². The summed E-state index contributed by atoms with van der Waals surface area (Å²) >= 11 is 0. The molecule has 0 aliphatic carbocycles. The summed E-state index contributed by atoms with van der Waals surface area (Å²) in [6.07, 6.45) is 1.24. The van der Waals surface area contributed by atoms with Crippen molar-refractivity contribution in [3.05, 3.63) is 12.4 Å². The van der Waals surface area contributed by atoms with Crippen LogP contribution >= 0.6 is 0 Å². The van der Waals surface area contributed by atoms with Gasteiger partial charge in [-0.1, -0.05) is 20.4 Å². The van der Waals surface area contributed by atoms with E-state index in [0.717, 1.165) is 18.9 Å². The Bertz CT molecular complexity index is 179. The zero-order valence-electron chi connectivity index (χ0n) is 10.7. The Morgan fingerprint density at radius 3 is 2.00 bits per heavy atom. The molecule has 0 bridgehead atoms. The molecule has 84 valence electrons. The first-order valence-electron chi connectivity index (χ1n) is 5.60. The maximum Gasteiger partial charge on any atom is 0.0966 e. The third-order valence-electron chi connectivity index (χ3n) is 2.44. The standard InChI is InChI=1S/C10H20N2.C2H6/c1-9-11(5)7-6-8-12(9)10(2,3)4;1-2/h1,6-8H2,2-5H3;1-2H3. The summed E-state index contributed by atoms with van der Waals surface area (Å²) in [6, 6.07) is 0. The highest BCUT2D eigenvalue weighted by Crippen LogP contribution is 2.23. The lowest BCUT2D eigenvalue weighted by Gasteiger charge is -2.45. The first-order chi connectivity index (χ1) is 6.43. The van der Waals surface area contributed by atoms with Crippen LogP contribution in [0.3, 0.4) is 0 Å². The normalized spacial score (nSPS) is 17.7. The molecule has 0 unspecified atom stereocenters. The molecule has 0 aromatic heterocycles. The quantitative estimate of drug-likeness (QED) is 0.590. The number of hydrogen-bond donors (Lipinski definition) is 0. The van der Waals surface area contributed by atoms with E-state index in [-0.39, 0.29) is 5.54 Å². The summed E-state index contributed by atoms with van der Waals surface area (Å²) in [6.45, 7) is 17.1. The molecule has 0 atom stereocenters. The van der Waals surface area contributed by atoms with Gasteiger partial charge in [-0.25, -0.2) is 0 Å². The van der Waals surface area contributed by atoms with Crippen LogP contribution in [0.2, 0.25) is 0 Å².